The number of hydrogen-bond acceptors (Lipinski definition) is 5. The predicted molar refractivity (Wildman–Crippen MR) is 97.3 cm³/mol. The quantitative estimate of drug-likeness (QED) is 0.412. The largest absolute Gasteiger partial charge is 0.455 e. The molecule has 0 radical (unpaired) electrons. The third-order valence-electron chi connectivity index (χ3n) is 3.44. The van der Waals surface area contributed by atoms with Gasteiger partial charge in [-0.25, -0.2) is 5.43 Å². The molecular formula is C18H12ClN3O4. The molecule has 0 aliphatic rings. The number of benzene rings is 2. The first-order valence-electron chi connectivity index (χ1n) is 7.47. The highest BCUT2D eigenvalue weighted by Gasteiger charge is 2.11. The van der Waals surface area contributed by atoms with E-state index in [-0.39, 0.29) is 11.3 Å². The van der Waals surface area contributed by atoms with Crippen LogP contribution in [0.3, 0.4) is 0 Å². The number of nitrogens with one attached hydrogen (secondary N) is 1. The number of hydrazone groups is 1. The summed E-state index contributed by atoms with van der Waals surface area (Å²) < 4.78 is 5.61. The van der Waals surface area contributed by atoms with Crippen LogP contribution in [0.4, 0.5) is 5.69 Å². The van der Waals surface area contributed by atoms with Crippen molar-refractivity contribution < 1.29 is 14.1 Å². The Morgan fingerprint density at radius 2 is 1.96 bits per heavy atom. The molecule has 0 spiro atoms. The summed E-state index contributed by atoms with van der Waals surface area (Å²) in [5.41, 5.74) is 3.00. The molecular weight excluding hydrogens is 358 g/mol. The van der Waals surface area contributed by atoms with Crippen LogP contribution in [0.5, 0.6) is 0 Å². The Labute approximate surface area is 153 Å². The summed E-state index contributed by atoms with van der Waals surface area (Å²) in [7, 11) is 0. The highest BCUT2D eigenvalue weighted by Crippen LogP contribution is 2.28. The number of nitro groups is 1. The van der Waals surface area contributed by atoms with Crippen molar-refractivity contribution >= 4 is 29.4 Å². The molecule has 8 heteroatoms. The summed E-state index contributed by atoms with van der Waals surface area (Å²) in [4.78, 5) is 22.2. The van der Waals surface area contributed by atoms with E-state index < -0.39 is 10.8 Å². The van der Waals surface area contributed by atoms with Crippen molar-refractivity contribution in [3.63, 3.8) is 0 Å². The second-order valence-corrected chi connectivity index (χ2v) is 5.60. The molecule has 3 rings (SSSR count). The van der Waals surface area contributed by atoms with Crippen LogP contribution in [0.25, 0.3) is 11.3 Å². The van der Waals surface area contributed by atoms with E-state index in [1.54, 1.807) is 18.2 Å². The number of rotatable bonds is 5. The molecule has 0 saturated carbocycles. The summed E-state index contributed by atoms with van der Waals surface area (Å²) in [6, 6.07) is 16.0. The van der Waals surface area contributed by atoms with Crippen LogP contribution in [-0.2, 0) is 0 Å². The number of furan rings is 1. The van der Waals surface area contributed by atoms with E-state index in [9.17, 15) is 14.9 Å². The van der Waals surface area contributed by atoms with Crippen LogP contribution in [-0.4, -0.2) is 17.0 Å². The molecule has 7 nitrogen and oxygen atoms in total. The zero-order valence-corrected chi connectivity index (χ0v) is 14.0. The minimum Gasteiger partial charge on any atom is -0.455 e. The summed E-state index contributed by atoms with van der Waals surface area (Å²) in [6.07, 6.45) is 1.33. The number of carbonyl (C=O) groups is 1. The number of hydrogen-bond donors (Lipinski definition) is 1. The lowest BCUT2D eigenvalue weighted by molar-refractivity contribution is -0.384. The maximum atomic E-state index is 12.0. The average molecular weight is 370 g/mol. The van der Waals surface area contributed by atoms with E-state index in [1.165, 1.54) is 30.5 Å². The van der Waals surface area contributed by atoms with Crippen LogP contribution < -0.4 is 5.43 Å². The van der Waals surface area contributed by atoms with Gasteiger partial charge in [0.05, 0.1) is 16.2 Å². The number of nitro benzene ring substituents is 1. The van der Waals surface area contributed by atoms with Crippen molar-refractivity contribution in [3.8, 4) is 11.3 Å². The maximum absolute atomic E-state index is 12.0. The van der Waals surface area contributed by atoms with Gasteiger partial charge in [0.1, 0.15) is 11.5 Å². The smallest absolute Gasteiger partial charge is 0.271 e. The van der Waals surface area contributed by atoms with E-state index in [0.29, 0.717) is 16.5 Å². The van der Waals surface area contributed by atoms with Gasteiger partial charge in [0, 0.05) is 23.3 Å². The Kier molecular flexibility index (Phi) is 5.09. The third-order valence-corrected chi connectivity index (χ3v) is 3.77. The van der Waals surface area contributed by atoms with Crippen molar-refractivity contribution in [2.45, 2.75) is 0 Å². The van der Waals surface area contributed by atoms with Gasteiger partial charge >= 0.3 is 0 Å². The van der Waals surface area contributed by atoms with Gasteiger partial charge in [-0.3, -0.25) is 14.9 Å². The lowest BCUT2D eigenvalue weighted by atomic mass is 10.2. The molecule has 26 heavy (non-hydrogen) atoms. The van der Waals surface area contributed by atoms with E-state index in [0.717, 1.165) is 5.56 Å². The zero-order valence-electron chi connectivity index (χ0n) is 13.3. The van der Waals surface area contributed by atoms with Gasteiger partial charge in [-0.2, -0.15) is 5.10 Å². The molecule has 0 atom stereocenters. The molecule has 2 aromatic carbocycles. The van der Waals surface area contributed by atoms with Crippen molar-refractivity contribution in [3.05, 3.63) is 87.1 Å². The highest BCUT2D eigenvalue weighted by molar-refractivity contribution is 6.33. The summed E-state index contributed by atoms with van der Waals surface area (Å²) in [5.74, 6) is 0.421. The van der Waals surface area contributed by atoms with Gasteiger partial charge in [-0.1, -0.05) is 29.8 Å². The number of carbonyl (C=O) groups excluding carboxylic acids is 1. The van der Waals surface area contributed by atoms with Crippen molar-refractivity contribution in [2.24, 2.45) is 5.10 Å². The Morgan fingerprint density at radius 1 is 1.15 bits per heavy atom. The third kappa shape index (κ3) is 3.96. The van der Waals surface area contributed by atoms with Crippen LogP contribution >= 0.6 is 11.6 Å². The van der Waals surface area contributed by atoms with Crippen LogP contribution in [0, 0.1) is 10.1 Å². The normalized spacial score (nSPS) is 10.8. The van der Waals surface area contributed by atoms with Gasteiger partial charge in [-0.15, -0.1) is 0 Å². The second-order valence-electron chi connectivity index (χ2n) is 5.19. The Bertz CT molecular complexity index is 997. The molecule has 1 heterocycles. The van der Waals surface area contributed by atoms with Crippen molar-refractivity contribution in [2.75, 3.05) is 0 Å². The summed E-state index contributed by atoms with van der Waals surface area (Å²) >= 11 is 6.12. The monoisotopic (exact) mass is 369 g/mol. The fourth-order valence-corrected chi connectivity index (χ4v) is 2.44. The lowest BCUT2D eigenvalue weighted by Gasteiger charge is -2.00. The van der Waals surface area contributed by atoms with Crippen molar-refractivity contribution in [1.29, 1.82) is 0 Å². The molecule has 0 bridgehead atoms. The van der Waals surface area contributed by atoms with Gasteiger partial charge in [-0.05, 0) is 30.3 Å². The second kappa shape index (κ2) is 7.62. The molecule has 0 saturated heterocycles. The van der Waals surface area contributed by atoms with E-state index >= 15 is 0 Å². The summed E-state index contributed by atoms with van der Waals surface area (Å²) in [5, 5.41) is 15.1. The molecule has 1 amide bonds. The maximum Gasteiger partial charge on any atom is 0.271 e. The van der Waals surface area contributed by atoms with Gasteiger partial charge in [0.15, 0.2) is 0 Å². The molecule has 130 valence electrons. The predicted octanol–water partition coefficient (Wildman–Crippen LogP) is 4.27. The van der Waals surface area contributed by atoms with Crippen LogP contribution in [0.2, 0.25) is 5.02 Å². The van der Waals surface area contributed by atoms with E-state index in [2.05, 4.69) is 10.5 Å². The molecule has 0 aliphatic heterocycles. The van der Waals surface area contributed by atoms with Crippen molar-refractivity contribution in [1.82, 2.24) is 5.43 Å². The number of amides is 1. The fraction of sp³-hybridized carbons (Fsp3) is 0. The van der Waals surface area contributed by atoms with E-state index in [1.807, 2.05) is 18.2 Å². The molecule has 1 aromatic heterocycles. The topological polar surface area (TPSA) is 97.7 Å². The number of non-ortho nitro benzene ring substituents is 1. The SMILES string of the molecule is O=C(NN=Cc1ccc(-c2ccccc2Cl)o1)c1cccc([N+](=O)[O-])c1. The Hall–Kier alpha value is -3.45. The van der Waals surface area contributed by atoms with Gasteiger partial charge in [0.25, 0.3) is 11.6 Å². The first-order chi connectivity index (χ1) is 12.5. The first-order valence-corrected chi connectivity index (χ1v) is 7.85. The molecule has 3 aromatic rings. The molecule has 0 aliphatic carbocycles. The van der Waals surface area contributed by atoms with E-state index in [4.69, 9.17) is 16.0 Å². The molecule has 0 fully saturated rings. The van der Waals surface area contributed by atoms with Gasteiger partial charge in [0.2, 0.25) is 0 Å². The minimum absolute atomic E-state index is 0.132. The van der Waals surface area contributed by atoms with Crippen LogP contribution in [0.15, 0.2) is 70.2 Å². The lowest BCUT2D eigenvalue weighted by Crippen LogP contribution is -2.17. The van der Waals surface area contributed by atoms with Crippen LogP contribution in [0.1, 0.15) is 16.1 Å². The Morgan fingerprint density at radius 3 is 2.73 bits per heavy atom. The molecule has 1 N–H and O–H groups in total. The van der Waals surface area contributed by atoms with Gasteiger partial charge < -0.3 is 4.42 Å². The standard InChI is InChI=1S/C18H12ClN3O4/c19-16-7-2-1-6-15(16)17-9-8-14(26-17)11-20-21-18(23)12-4-3-5-13(10-12)22(24)25/h1-11H,(H,21,23). The molecule has 0 unspecified atom stereocenters. The fourth-order valence-electron chi connectivity index (χ4n) is 2.21. The average Bonchev–Trinajstić information content (AvgIpc) is 3.10. The number of halogens is 1. The highest BCUT2D eigenvalue weighted by atomic mass is 35.5. The number of nitrogens with zero attached hydrogens (tertiary/aromatic N) is 2. The minimum atomic E-state index is -0.570. The summed E-state index contributed by atoms with van der Waals surface area (Å²) in [6.45, 7) is 0. The Balaban J connectivity index is 1.68. The first kappa shape index (κ1) is 17.4. The zero-order chi connectivity index (χ0) is 18.5.